The number of fused-ring (bicyclic) bond motifs is 9. The van der Waals surface area contributed by atoms with Gasteiger partial charge in [0.2, 0.25) is 5.71 Å². The maximum atomic E-state index is 6.62. The fraction of sp³-hybridized carbons (Fsp3) is 0.0638. The van der Waals surface area contributed by atoms with E-state index in [2.05, 4.69) is 164 Å². The Kier molecular flexibility index (Phi) is 5.70. The van der Waals surface area contributed by atoms with Gasteiger partial charge in [-0.25, -0.2) is 9.97 Å². The summed E-state index contributed by atoms with van der Waals surface area (Å²) in [6.45, 7) is 4.67. The number of hydrogen-bond acceptors (Lipinski definition) is 3. The molecular weight excluding hydrogens is 623 g/mol. The zero-order valence-electron chi connectivity index (χ0n) is 28.2. The van der Waals surface area contributed by atoms with E-state index in [0.29, 0.717) is 5.82 Å². The first-order valence-electron chi connectivity index (χ1n) is 17.5. The average Bonchev–Trinajstić information content (AvgIpc) is 3.71. The zero-order valence-corrected chi connectivity index (χ0v) is 28.2. The lowest BCUT2D eigenvalue weighted by Crippen LogP contribution is -2.26. The number of rotatable bonds is 3. The van der Waals surface area contributed by atoms with E-state index in [1.807, 2.05) is 6.07 Å². The molecule has 0 bridgehead atoms. The van der Waals surface area contributed by atoms with Gasteiger partial charge in [0.25, 0.3) is 0 Å². The van der Waals surface area contributed by atoms with Crippen LogP contribution >= 0.6 is 0 Å². The summed E-state index contributed by atoms with van der Waals surface area (Å²) < 4.78 is 8.96. The average molecular weight is 654 g/mol. The monoisotopic (exact) mass is 653 g/mol. The van der Waals surface area contributed by atoms with Gasteiger partial charge in [0, 0.05) is 32.7 Å². The van der Waals surface area contributed by atoms with Crippen molar-refractivity contribution < 1.29 is 4.42 Å². The number of aromatic nitrogens is 3. The van der Waals surface area contributed by atoms with Gasteiger partial charge >= 0.3 is 0 Å². The molecule has 0 N–H and O–H groups in total. The lowest BCUT2D eigenvalue weighted by Gasteiger charge is -2.34. The molecule has 4 nitrogen and oxygen atoms in total. The summed E-state index contributed by atoms with van der Waals surface area (Å²) in [5, 5.41) is 7.04. The normalized spacial score (nSPS) is 13.5. The van der Waals surface area contributed by atoms with Gasteiger partial charge in [0.1, 0.15) is 5.58 Å². The summed E-state index contributed by atoms with van der Waals surface area (Å²) in [6, 6.07) is 53.9. The van der Waals surface area contributed by atoms with Gasteiger partial charge in [0.15, 0.2) is 5.82 Å². The predicted molar refractivity (Wildman–Crippen MR) is 210 cm³/mol. The van der Waals surface area contributed by atoms with Crippen LogP contribution in [0.4, 0.5) is 0 Å². The second-order valence-corrected chi connectivity index (χ2v) is 14.2. The van der Waals surface area contributed by atoms with Gasteiger partial charge in [0.05, 0.1) is 27.8 Å². The van der Waals surface area contributed by atoms with Crippen LogP contribution in [0.1, 0.15) is 25.0 Å². The maximum Gasteiger partial charge on any atom is 0.213 e. The van der Waals surface area contributed by atoms with Gasteiger partial charge in [-0.2, -0.15) is 0 Å². The van der Waals surface area contributed by atoms with E-state index in [1.165, 1.54) is 43.8 Å². The molecule has 1 aliphatic rings. The van der Waals surface area contributed by atoms with Crippen LogP contribution < -0.4 is 0 Å². The van der Waals surface area contributed by atoms with E-state index in [-0.39, 0.29) is 5.41 Å². The molecule has 0 fully saturated rings. The van der Waals surface area contributed by atoms with Gasteiger partial charge < -0.3 is 4.42 Å². The van der Waals surface area contributed by atoms with Crippen molar-refractivity contribution in [3.63, 3.8) is 0 Å². The van der Waals surface area contributed by atoms with E-state index in [4.69, 9.17) is 14.4 Å². The summed E-state index contributed by atoms with van der Waals surface area (Å²) in [4.78, 5) is 10.5. The van der Waals surface area contributed by atoms with E-state index in [1.54, 1.807) is 0 Å². The molecule has 0 saturated heterocycles. The first-order valence-corrected chi connectivity index (χ1v) is 17.5. The minimum atomic E-state index is -0.259. The van der Waals surface area contributed by atoms with E-state index in [9.17, 15) is 0 Å². The Labute approximate surface area is 294 Å². The van der Waals surface area contributed by atoms with Gasteiger partial charge in [-0.3, -0.25) is 4.57 Å². The number of benzene rings is 7. The summed E-state index contributed by atoms with van der Waals surface area (Å²) >= 11 is 0. The smallest absolute Gasteiger partial charge is 0.213 e. The predicted octanol–water partition coefficient (Wildman–Crippen LogP) is 12.3. The van der Waals surface area contributed by atoms with Crippen molar-refractivity contribution in [2.24, 2.45) is 0 Å². The Morgan fingerprint density at radius 1 is 0.549 bits per heavy atom. The highest BCUT2D eigenvalue weighted by Crippen LogP contribution is 2.50. The van der Waals surface area contributed by atoms with Gasteiger partial charge in [-0.1, -0.05) is 135 Å². The zero-order chi connectivity index (χ0) is 33.8. The number of nitrogens with zero attached hydrogens (tertiary/aromatic N) is 3. The molecule has 3 aromatic heterocycles. The fourth-order valence-corrected chi connectivity index (χ4v) is 8.52. The van der Waals surface area contributed by atoms with Crippen molar-refractivity contribution >= 4 is 54.6 Å². The molecule has 0 saturated carbocycles. The summed E-state index contributed by atoms with van der Waals surface area (Å²) in [6.07, 6.45) is 0. The Balaban J connectivity index is 1.12. The van der Waals surface area contributed by atoms with Crippen molar-refractivity contribution in [1.82, 2.24) is 14.5 Å². The molecule has 51 heavy (non-hydrogen) atoms. The summed E-state index contributed by atoms with van der Waals surface area (Å²) in [5.74, 6) is 0.712. The Morgan fingerprint density at radius 2 is 1.27 bits per heavy atom. The molecule has 4 heterocycles. The molecule has 0 radical (unpaired) electrons. The second-order valence-electron chi connectivity index (χ2n) is 14.2. The van der Waals surface area contributed by atoms with Crippen LogP contribution in [0.25, 0.3) is 94.1 Å². The molecule has 0 unspecified atom stereocenters. The van der Waals surface area contributed by atoms with Gasteiger partial charge in [-0.15, -0.1) is 0 Å². The Hall–Kier alpha value is -6.52. The maximum absolute atomic E-state index is 6.62. The molecule has 7 aromatic carbocycles. The highest BCUT2D eigenvalue weighted by Gasteiger charge is 2.37. The van der Waals surface area contributed by atoms with Gasteiger partial charge in [-0.05, 0) is 63.4 Å². The van der Waals surface area contributed by atoms with Crippen molar-refractivity contribution in [3.05, 3.63) is 163 Å². The van der Waals surface area contributed by atoms with E-state index < -0.39 is 0 Å². The van der Waals surface area contributed by atoms with E-state index >= 15 is 0 Å². The van der Waals surface area contributed by atoms with Crippen molar-refractivity contribution in [3.8, 4) is 39.5 Å². The third-order valence-corrected chi connectivity index (χ3v) is 11.0. The molecule has 0 atom stereocenters. The molecule has 11 rings (SSSR count). The molecule has 0 spiro atoms. The van der Waals surface area contributed by atoms with Crippen molar-refractivity contribution in [2.45, 2.75) is 19.3 Å². The lowest BCUT2D eigenvalue weighted by molar-refractivity contribution is 0.612. The second kappa shape index (κ2) is 10.3. The summed E-state index contributed by atoms with van der Waals surface area (Å²) in [7, 11) is 0. The van der Waals surface area contributed by atoms with Crippen LogP contribution in [-0.2, 0) is 5.41 Å². The molecular formula is C47H31N3O. The first-order chi connectivity index (χ1) is 25.0. The molecule has 240 valence electrons. The molecule has 0 aliphatic carbocycles. The molecule has 10 aromatic rings. The first kappa shape index (κ1) is 28.3. The van der Waals surface area contributed by atoms with Crippen LogP contribution in [0.2, 0.25) is 0 Å². The Bertz CT molecular complexity index is 3070. The lowest BCUT2D eigenvalue weighted by atomic mass is 9.74. The van der Waals surface area contributed by atoms with E-state index in [0.717, 1.165) is 55.7 Å². The van der Waals surface area contributed by atoms with Crippen molar-refractivity contribution in [1.29, 1.82) is 0 Å². The van der Waals surface area contributed by atoms with Crippen LogP contribution in [0.15, 0.2) is 156 Å². The topological polar surface area (TPSA) is 43.9 Å². The quantitative estimate of drug-likeness (QED) is 0.191. The SMILES string of the molecule is CC1(C)c2cc(-c3nc(-c4cccc(-c5cccc6ccccc56)c4)nc4ccccc34)ccc2-n2c3oc4ccccc4c3c3cccc1c32. The van der Waals surface area contributed by atoms with Crippen molar-refractivity contribution in [2.75, 3.05) is 0 Å². The minimum absolute atomic E-state index is 0.259. The number of hydrogen-bond donors (Lipinski definition) is 0. The minimum Gasteiger partial charge on any atom is -0.439 e. The molecule has 1 aliphatic heterocycles. The molecule has 0 amide bonds. The van der Waals surface area contributed by atoms with Crippen LogP contribution in [-0.4, -0.2) is 14.5 Å². The van der Waals surface area contributed by atoms with Crippen LogP contribution in [0, 0.1) is 0 Å². The third-order valence-electron chi connectivity index (χ3n) is 11.0. The van der Waals surface area contributed by atoms with Crippen LogP contribution in [0.5, 0.6) is 0 Å². The largest absolute Gasteiger partial charge is 0.439 e. The Morgan fingerprint density at radius 3 is 2.20 bits per heavy atom. The number of furan rings is 1. The number of para-hydroxylation sites is 3. The molecule has 4 heteroatoms. The highest BCUT2D eigenvalue weighted by atomic mass is 16.3. The van der Waals surface area contributed by atoms with Crippen LogP contribution in [0.3, 0.4) is 0 Å². The highest BCUT2D eigenvalue weighted by molar-refractivity contribution is 6.21. The standard InChI is InChI=1S/C47H31N3O/c1-47(2)37-21-11-20-36-42-35-18-6-8-23-41(35)51-46(42)50(44(36)37)40-25-24-30(27-38(40)47)43-34-17-5-7-22-39(34)48-45(49-43)31-15-9-14-29(26-31)33-19-10-13-28-12-3-4-16-32(28)33/h3-27H,1-2H3. The fourth-order valence-electron chi connectivity index (χ4n) is 8.52. The summed E-state index contributed by atoms with van der Waals surface area (Å²) in [5.41, 5.74) is 12.7. The third kappa shape index (κ3) is 3.96.